The second-order valence-electron chi connectivity index (χ2n) is 5.31. The van der Waals surface area contributed by atoms with Gasteiger partial charge in [-0.25, -0.2) is 0 Å². The monoisotopic (exact) mass is 279 g/mol. The van der Waals surface area contributed by atoms with E-state index in [4.69, 9.17) is 15.2 Å². The standard InChI is InChI=1S/C14H21N3O3/c1-10(7-14(2)19-5-6-20-14)8-17-12-3-4-16-9-11(12)13(15)18/h3-4,9-10H,5-8H2,1-2H3,(H2,15,18)(H,16,17). The van der Waals surface area contributed by atoms with Crippen LogP contribution >= 0.6 is 0 Å². The number of nitrogens with zero attached hydrogens (tertiary/aromatic N) is 1. The number of pyridine rings is 1. The van der Waals surface area contributed by atoms with E-state index in [2.05, 4.69) is 17.2 Å². The average Bonchev–Trinajstić information content (AvgIpc) is 2.83. The Bertz CT molecular complexity index is 472. The molecule has 1 aromatic heterocycles. The summed E-state index contributed by atoms with van der Waals surface area (Å²) in [5.41, 5.74) is 6.42. The Balaban J connectivity index is 1.90. The number of aromatic nitrogens is 1. The third-order valence-corrected chi connectivity index (χ3v) is 3.34. The van der Waals surface area contributed by atoms with Crippen LogP contribution in [0.2, 0.25) is 0 Å². The first-order chi connectivity index (χ1) is 9.50. The third-order valence-electron chi connectivity index (χ3n) is 3.34. The fourth-order valence-electron chi connectivity index (χ4n) is 2.41. The van der Waals surface area contributed by atoms with Crippen LogP contribution in [0.1, 0.15) is 30.6 Å². The van der Waals surface area contributed by atoms with E-state index in [0.717, 1.165) is 6.42 Å². The van der Waals surface area contributed by atoms with Crippen LogP contribution in [0.5, 0.6) is 0 Å². The quantitative estimate of drug-likeness (QED) is 0.821. The zero-order valence-electron chi connectivity index (χ0n) is 11.9. The van der Waals surface area contributed by atoms with Gasteiger partial charge in [0.05, 0.1) is 24.5 Å². The van der Waals surface area contributed by atoms with Gasteiger partial charge in [0.15, 0.2) is 5.79 Å². The highest BCUT2D eigenvalue weighted by molar-refractivity contribution is 5.98. The number of primary amides is 1. The predicted molar refractivity (Wildman–Crippen MR) is 75.3 cm³/mol. The van der Waals surface area contributed by atoms with Gasteiger partial charge in [-0.2, -0.15) is 0 Å². The molecule has 0 saturated carbocycles. The maximum Gasteiger partial charge on any atom is 0.252 e. The van der Waals surface area contributed by atoms with Gasteiger partial charge < -0.3 is 20.5 Å². The lowest BCUT2D eigenvalue weighted by Crippen LogP contribution is -2.30. The molecular formula is C14H21N3O3. The Labute approximate surface area is 118 Å². The van der Waals surface area contributed by atoms with Gasteiger partial charge >= 0.3 is 0 Å². The van der Waals surface area contributed by atoms with Crippen molar-refractivity contribution in [3.05, 3.63) is 24.0 Å². The fourth-order valence-corrected chi connectivity index (χ4v) is 2.41. The molecule has 1 atom stereocenters. The molecule has 110 valence electrons. The van der Waals surface area contributed by atoms with Crippen LogP contribution < -0.4 is 11.1 Å². The Morgan fingerprint density at radius 2 is 2.25 bits per heavy atom. The van der Waals surface area contributed by atoms with Gasteiger partial charge in [-0.3, -0.25) is 9.78 Å². The highest BCUT2D eigenvalue weighted by Crippen LogP contribution is 2.27. The molecule has 2 heterocycles. The topological polar surface area (TPSA) is 86.5 Å². The summed E-state index contributed by atoms with van der Waals surface area (Å²) in [5.74, 6) is -0.652. The van der Waals surface area contributed by atoms with E-state index < -0.39 is 11.7 Å². The molecule has 0 spiro atoms. The van der Waals surface area contributed by atoms with Gasteiger partial charge in [-0.15, -0.1) is 0 Å². The van der Waals surface area contributed by atoms with Crippen LogP contribution in [0.15, 0.2) is 18.5 Å². The second kappa shape index (κ2) is 6.19. The molecule has 0 aromatic carbocycles. The highest BCUT2D eigenvalue weighted by Gasteiger charge is 2.32. The number of nitrogens with one attached hydrogen (secondary N) is 1. The number of anilines is 1. The van der Waals surface area contributed by atoms with Crippen LogP contribution in [-0.4, -0.2) is 36.4 Å². The van der Waals surface area contributed by atoms with Crippen molar-refractivity contribution < 1.29 is 14.3 Å². The molecule has 6 nitrogen and oxygen atoms in total. The Morgan fingerprint density at radius 3 is 2.90 bits per heavy atom. The highest BCUT2D eigenvalue weighted by atomic mass is 16.7. The first-order valence-electron chi connectivity index (χ1n) is 6.76. The van der Waals surface area contributed by atoms with Gasteiger partial charge in [0.1, 0.15) is 0 Å². The molecule has 1 unspecified atom stereocenters. The molecule has 1 aromatic rings. The van der Waals surface area contributed by atoms with Crippen molar-refractivity contribution in [2.45, 2.75) is 26.1 Å². The van der Waals surface area contributed by atoms with Crippen LogP contribution in [-0.2, 0) is 9.47 Å². The van der Waals surface area contributed by atoms with Crippen LogP contribution in [0.25, 0.3) is 0 Å². The first-order valence-corrected chi connectivity index (χ1v) is 6.76. The number of hydrogen-bond donors (Lipinski definition) is 2. The largest absolute Gasteiger partial charge is 0.384 e. The molecule has 1 fully saturated rings. The maximum absolute atomic E-state index is 11.3. The molecule has 20 heavy (non-hydrogen) atoms. The minimum absolute atomic E-state index is 0.326. The van der Waals surface area contributed by atoms with E-state index in [-0.39, 0.29) is 0 Å². The molecule has 0 aliphatic carbocycles. The molecular weight excluding hydrogens is 258 g/mol. The maximum atomic E-state index is 11.3. The fraction of sp³-hybridized carbons (Fsp3) is 0.571. The minimum atomic E-state index is -0.494. The molecule has 0 radical (unpaired) electrons. The summed E-state index contributed by atoms with van der Waals surface area (Å²) in [6, 6.07) is 1.75. The van der Waals surface area contributed by atoms with Crippen molar-refractivity contribution in [3.8, 4) is 0 Å². The number of nitrogens with two attached hydrogens (primary N) is 1. The van der Waals surface area contributed by atoms with Crippen molar-refractivity contribution in [2.24, 2.45) is 11.7 Å². The number of amides is 1. The molecule has 1 aliphatic rings. The number of carbonyl (C=O) groups excluding carboxylic acids is 1. The van der Waals surface area contributed by atoms with E-state index in [1.54, 1.807) is 12.3 Å². The van der Waals surface area contributed by atoms with E-state index in [0.29, 0.717) is 36.9 Å². The van der Waals surface area contributed by atoms with Gasteiger partial charge in [0, 0.05) is 25.4 Å². The zero-order chi connectivity index (χ0) is 14.6. The number of rotatable bonds is 6. The Kier molecular flexibility index (Phi) is 4.57. The van der Waals surface area contributed by atoms with Crippen molar-refractivity contribution in [1.29, 1.82) is 0 Å². The number of ether oxygens (including phenoxy) is 2. The van der Waals surface area contributed by atoms with Gasteiger partial charge in [0.25, 0.3) is 5.91 Å². The summed E-state index contributed by atoms with van der Waals surface area (Å²) < 4.78 is 11.2. The lowest BCUT2D eigenvalue weighted by atomic mass is 10.0. The summed E-state index contributed by atoms with van der Waals surface area (Å²) in [6.45, 7) is 6.05. The van der Waals surface area contributed by atoms with Gasteiger partial charge in [-0.1, -0.05) is 6.92 Å². The number of hydrogen-bond acceptors (Lipinski definition) is 5. The van der Waals surface area contributed by atoms with Crippen molar-refractivity contribution in [2.75, 3.05) is 25.1 Å². The summed E-state index contributed by atoms with van der Waals surface area (Å²) in [7, 11) is 0. The van der Waals surface area contributed by atoms with E-state index in [9.17, 15) is 4.79 Å². The molecule has 1 saturated heterocycles. The third kappa shape index (κ3) is 3.68. The van der Waals surface area contributed by atoms with Crippen molar-refractivity contribution in [3.63, 3.8) is 0 Å². The number of carbonyl (C=O) groups is 1. The summed E-state index contributed by atoms with van der Waals surface area (Å²) in [6.07, 6.45) is 3.89. The van der Waals surface area contributed by atoms with Crippen LogP contribution in [0.3, 0.4) is 0 Å². The first kappa shape index (κ1) is 14.7. The average molecular weight is 279 g/mol. The van der Waals surface area contributed by atoms with Crippen molar-refractivity contribution >= 4 is 11.6 Å². The van der Waals surface area contributed by atoms with E-state index >= 15 is 0 Å². The van der Waals surface area contributed by atoms with Crippen LogP contribution in [0, 0.1) is 5.92 Å². The summed E-state index contributed by atoms with van der Waals surface area (Å²) >= 11 is 0. The molecule has 6 heteroatoms. The normalized spacial score (nSPS) is 18.7. The smallest absolute Gasteiger partial charge is 0.252 e. The Hall–Kier alpha value is -1.66. The van der Waals surface area contributed by atoms with Crippen molar-refractivity contribution in [1.82, 2.24) is 4.98 Å². The molecule has 2 rings (SSSR count). The second-order valence-corrected chi connectivity index (χ2v) is 5.31. The molecule has 1 amide bonds. The summed E-state index contributed by atoms with van der Waals surface area (Å²) in [4.78, 5) is 15.2. The van der Waals surface area contributed by atoms with E-state index in [1.807, 2.05) is 6.92 Å². The summed E-state index contributed by atoms with van der Waals surface area (Å²) in [5, 5.41) is 3.23. The molecule has 3 N–H and O–H groups in total. The zero-order valence-corrected chi connectivity index (χ0v) is 11.9. The minimum Gasteiger partial charge on any atom is -0.384 e. The van der Waals surface area contributed by atoms with Gasteiger partial charge in [0.2, 0.25) is 0 Å². The van der Waals surface area contributed by atoms with Gasteiger partial charge in [-0.05, 0) is 18.9 Å². The predicted octanol–water partition coefficient (Wildman–Crippen LogP) is 1.38. The SMILES string of the molecule is CC(CNc1ccncc1C(N)=O)CC1(C)OCCO1. The molecule has 1 aliphatic heterocycles. The lowest BCUT2D eigenvalue weighted by molar-refractivity contribution is -0.153. The molecule has 0 bridgehead atoms. The lowest BCUT2D eigenvalue weighted by Gasteiger charge is -2.26. The Morgan fingerprint density at radius 1 is 1.55 bits per heavy atom. The van der Waals surface area contributed by atoms with E-state index in [1.165, 1.54) is 6.20 Å². The van der Waals surface area contributed by atoms with Crippen LogP contribution in [0.4, 0.5) is 5.69 Å².